The van der Waals surface area contributed by atoms with Crippen molar-refractivity contribution in [3.8, 4) is 0 Å². The minimum absolute atomic E-state index is 0.437. The fraction of sp³-hybridized carbons (Fsp3) is 0.400. The van der Waals surface area contributed by atoms with Gasteiger partial charge < -0.3 is 0 Å². The minimum Gasteiger partial charge on any atom is -0.237 e. The second-order valence-electron chi connectivity index (χ2n) is 3.59. The van der Waals surface area contributed by atoms with Crippen LogP contribution in [0.4, 0.5) is 10.1 Å². The third-order valence-corrected chi connectivity index (χ3v) is 5.06. The summed E-state index contributed by atoms with van der Waals surface area (Å²) in [6.45, 7) is 1.90. The van der Waals surface area contributed by atoms with Crippen molar-refractivity contribution in [2.24, 2.45) is 0 Å². The highest BCUT2D eigenvalue weighted by molar-refractivity contribution is 8.13. The standard InChI is InChI=1S/C10H15FN2O2S2/c1-9-4-6-10(7-5-9)13(16-8-11)17(14,15)12(2)3/h4-7H,8H2,1-3H3. The zero-order valence-corrected chi connectivity index (χ0v) is 11.6. The molecule has 7 heteroatoms. The molecule has 0 heterocycles. The van der Waals surface area contributed by atoms with Crippen molar-refractivity contribution in [2.45, 2.75) is 6.92 Å². The van der Waals surface area contributed by atoms with E-state index in [4.69, 9.17) is 0 Å². The van der Waals surface area contributed by atoms with Gasteiger partial charge in [0.2, 0.25) is 0 Å². The van der Waals surface area contributed by atoms with E-state index in [0.717, 1.165) is 13.6 Å². The molecule has 1 aromatic carbocycles. The summed E-state index contributed by atoms with van der Waals surface area (Å²) in [5.74, 6) is 0. The van der Waals surface area contributed by atoms with Crippen LogP contribution < -0.4 is 3.71 Å². The lowest BCUT2D eigenvalue weighted by molar-refractivity contribution is 0.523. The number of nitrogens with zero attached hydrogens (tertiary/aromatic N) is 2. The van der Waals surface area contributed by atoms with E-state index in [0.29, 0.717) is 17.6 Å². The van der Waals surface area contributed by atoms with Crippen molar-refractivity contribution in [1.29, 1.82) is 0 Å². The molecule has 0 fully saturated rings. The molecule has 96 valence electrons. The lowest BCUT2D eigenvalue weighted by Crippen LogP contribution is -2.35. The van der Waals surface area contributed by atoms with Gasteiger partial charge >= 0.3 is 10.2 Å². The van der Waals surface area contributed by atoms with Crippen molar-refractivity contribution < 1.29 is 12.8 Å². The Morgan fingerprint density at radius 1 is 1.24 bits per heavy atom. The predicted molar refractivity (Wildman–Crippen MR) is 69.8 cm³/mol. The number of aryl methyl sites for hydroxylation is 1. The molecule has 0 saturated heterocycles. The van der Waals surface area contributed by atoms with Crippen molar-refractivity contribution >= 4 is 27.8 Å². The highest BCUT2D eigenvalue weighted by Crippen LogP contribution is 2.27. The summed E-state index contributed by atoms with van der Waals surface area (Å²) >= 11 is 0.608. The minimum atomic E-state index is -3.68. The summed E-state index contributed by atoms with van der Waals surface area (Å²) in [6.07, 6.45) is 0. The average Bonchev–Trinajstić information content (AvgIpc) is 2.27. The molecule has 0 aromatic heterocycles. The first-order chi connectivity index (χ1) is 7.89. The molecule has 0 unspecified atom stereocenters. The molecule has 17 heavy (non-hydrogen) atoms. The summed E-state index contributed by atoms with van der Waals surface area (Å²) in [5.41, 5.74) is 1.45. The van der Waals surface area contributed by atoms with Crippen LogP contribution >= 0.6 is 11.9 Å². The van der Waals surface area contributed by atoms with E-state index >= 15 is 0 Å². The molecule has 0 amide bonds. The summed E-state index contributed by atoms with van der Waals surface area (Å²) in [5, 5.41) is 0. The smallest absolute Gasteiger partial charge is 0.237 e. The molecule has 0 N–H and O–H groups in total. The van der Waals surface area contributed by atoms with E-state index in [1.807, 2.05) is 6.92 Å². The van der Waals surface area contributed by atoms with Crippen molar-refractivity contribution in [1.82, 2.24) is 4.31 Å². The van der Waals surface area contributed by atoms with Crippen LogP contribution in [0.25, 0.3) is 0 Å². The van der Waals surface area contributed by atoms with Gasteiger partial charge in [-0.1, -0.05) is 17.7 Å². The Kier molecular flexibility index (Phi) is 4.79. The number of hydrogen-bond acceptors (Lipinski definition) is 3. The lowest BCUT2D eigenvalue weighted by atomic mass is 10.2. The van der Waals surface area contributed by atoms with Crippen molar-refractivity contribution in [2.75, 3.05) is 23.8 Å². The van der Waals surface area contributed by atoms with Gasteiger partial charge in [-0.2, -0.15) is 16.4 Å². The molecule has 0 saturated carbocycles. The van der Waals surface area contributed by atoms with E-state index in [2.05, 4.69) is 0 Å². The summed E-state index contributed by atoms with van der Waals surface area (Å²) < 4.78 is 38.4. The van der Waals surface area contributed by atoms with Gasteiger partial charge in [-0.25, -0.2) is 4.39 Å². The molecule has 1 aromatic rings. The second kappa shape index (κ2) is 5.70. The first-order valence-electron chi connectivity index (χ1n) is 4.88. The van der Waals surface area contributed by atoms with Crippen LogP contribution in [0.3, 0.4) is 0 Å². The van der Waals surface area contributed by atoms with Gasteiger partial charge in [0.25, 0.3) is 0 Å². The van der Waals surface area contributed by atoms with Gasteiger partial charge in [-0.05, 0) is 19.1 Å². The second-order valence-corrected chi connectivity index (χ2v) is 6.65. The maximum absolute atomic E-state index is 12.4. The zero-order valence-electron chi connectivity index (χ0n) is 9.92. The monoisotopic (exact) mass is 278 g/mol. The molecular weight excluding hydrogens is 263 g/mol. The van der Waals surface area contributed by atoms with Crippen LogP contribution in [-0.2, 0) is 10.2 Å². The molecule has 0 aliphatic heterocycles. The Morgan fingerprint density at radius 2 is 1.76 bits per heavy atom. The van der Waals surface area contributed by atoms with Crippen LogP contribution in [0, 0.1) is 6.92 Å². The fourth-order valence-corrected chi connectivity index (χ4v) is 3.23. The van der Waals surface area contributed by atoms with Gasteiger partial charge in [-0.15, -0.1) is 0 Å². The van der Waals surface area contributed by atoms with Crippen molar-refractivity contribution in [3.63, 3.8) is 0 Å². The van der Waals surface area contributed by atoms with E-state index in [9.17, 15) is 12.8 Å². The van der Waals surface area contributed by atoms with E-state index in [-0.39, 0.29) is 0 Å². The number of halogens is 1. The molecule has 0 aliphatic carbocycles. The molecular formula is C10H15FN2O2S2. The maximum atomic E-state index is 12.4. The Hall–Kier alpha value is -0.790. The average molecular weight is 278 g/mol. The molecule has 0 bridgehead atoms. The van der Waals surface area contributed by atoms with Crippen LogP contribution in [0.5, 0.6) is 0 Å². The SMILES string of the molecule is Cc1ccc(N(SCF)S(=O)(=O)N(C)C)cc1. The number of rotatable bonds is 5. The van der Waals surface area contributed by atoms with Crippen LogP contribution in [-0.4, -0.2) is 32.8 Å². The topological polar surface area (TPSA) is 40.6 Å². The zero-order chi connectivity index (χ0) is 13.1. The molecule has 4 nitrogen and oxygen atoms in total. The predicted octanol–water partition coefficient (Wildman–Crippen LogP) is 2.18. The lowest BCUT2D eigenvalue weighted by Gasteiger charge is -2.24. The van der Waals surface area contributed by atoms with Crippen LogP contribution in [0.2, 0.25) is 0 Å². The Labute approximate surface area is 106 Å². The quantitative estimate of drug-likeness (QED) is 0.775. The number of benzene rings is 1. The largest absolute Gasteiger partial charge is 0.313 e. The molecule has 0 atom stereocenters. The van der Waals surface area contributed by atoms with Gasteiger partial charge in [0, 0.05) is 26.0 Å². The molecule has 0 aliphatic rings. The van der Waals surface area contributed by atoms with E-state index < -0.39 is 16.2 Å². The summed E-state index contributed by atoms with van der Waals surface area (Å²) in [6, 6.07) is 6.07. The Morgan fingerprint density at radius 3 is 2.18 bits per heavy atom. The van der Waals surface area contributed by atoms with Gasteiger partial charge in [-0.3, -0.25) is 0 Å². The molecule has 0 spiro atoms. The Bertz CT molecular complexity index is 460. The first kappa shape index (κ1) is 14.3. The number of hydrogen-bond donors (Lipinski definition) is 0. The summed E-state index contributed by atoms with van der Waals surface area (Å²) in [7, 11) is -0.853. The Balaban J connectivity index is 3.14. The maximum Gasteiger partial charge on any atom is 0.313 e. The number of anilines is 1. The highest BCUT2D eigenvalue weighted by Gasteiger charge is 2.25. The first-order valence-corrected chi connectivity index (χ1v) is 7.22. The van der Waals surface area contributed by atoms with Crippen LogP contribution in [0.1, 0.15) is 5.56 Å². The van der Waals surface area contributed by atoms with Gasteiger partial charge in [0.15, 0.2) is 6.01 Å². The highest BCUT2D eigenvalue weighted by atomic mass is 32.3. The third kappa shape index (κ3) is 3.34. The van der Waals surface area contributed by atoms with Gasteiger partial charge in [0.05, 0.1) is 5.69 Å². The molecule has 1 rings (SSSR count). The van der Waals surface area contributed by atoms with Crippen molar-refractivity contribution in [3.05, 3.63) is 29.8 Å². The third-order valence-electron chi connectivity index (χ3n) is 2.08. The number of alkyl halides is 1. The van der Waals surface area contributed by atoms with Gasteiger partial charge in [0.1, 0.15) is 0 Å². The fourth-order valence-electron chi connectivity index (χ4n) is 1.13. The normalized spacial score (nSPS) is 11.8. The summed E-state index contributed by atoms with van der Waals surface area (Å²) in [4.78, 5) is 0. The van der Waals surface area contributed by atoms with E-state index in [1.54, 1.807) is 24.3 Å². The van der Waals surface area contributed by atoms with E-state index in [1.165, 1.54) is 14.1 Å². The molecule has 0 radical (unpaired) electrons. The van der Waals surface area contributed by atoms with Crippen LogP contribution in [0.15, 0.2) is 24.3 Å².